The number of aromatic nitrogens is 1. The number of amides is 1. The van der Waals surface area contributed by atoms with Crippen LogP contribution in [0.5, 0.6) is 5.75 Å². The van der Waals surface area contributed by atoms with Crippen LogP contribution in [-0.4, -0.2) is 10.9 Å². The maximum Gasteiger partial charge on any atom is 0.244 e. The SMILES string of the molecule is Cc1nc(COc2ccccc2/C=C/C(=O)NC(c2ccccc2)C2CC2)cs1. The van der Waals surface area contributed by atoms with Gasteiger partial charge in [-0.1, -0.05) is 48.5 Å². The number of aryl methyl sites for hydroxylation is 1. The van der Waals surface area contributed by atoms with Crippen molar-refractivity contribution in [1.29, 1.82) is 0 Å². The Morgan fingerprint density at radius 2 is 1.97 bits per heavy atom. The maximum absolute atomic E-state index is 12.6. The molecule has 1 aromatic heterocycles. The molecule has 4 rings (SSSR count). The topological polar surface area (TPSA) is 51.2 Å². The van der Waals surface area contributed by atoms with Crippen LogP contribution in [0.3, 0.4) is 0 Å². The summed E-state index contributed by atoms with van der Waals surface area (Å²) in [4.78, 5) is 17.0. The molecule has 0 saturated heterocycles. The smallest absolute Gasteiger partial charge is 0.244 e. The van der Waals surface area contributed by atoms with E-state index in [9.17, 15) is 4.79 Å². The van der Waals surface area contributed by atoms with Gasteiger partial charge in [-0.15, -0.1) is 11.3 Å². The summed E-state index contributed by atoms with van der Waals surface area (Å²) in [6.07, 6.45) is 5.73. The Labute approximate surface area is 175 Å². The zero-order chi connectivity index (χ0) is 20.1. The van der Waals surface area contributed by atoms with E-state index in [-0.39, 0.29) is 11.9 Å². The molecule has 0 spiro atoms. The molecule has 4 nitrogen and oxygen atoms in total. The number of hydrogen-bond donors (Lipinski definition) is 1. The van der Waals surface area contributed by atoms with Gasteiger partial charge in [0.1, 0.15) is 12.4 Å². The standard InChI is InChI=1S/C24H24N2O2S/c1-17-25-21(16-29-17)15-28-22-10-6-5-7-18(22)13-14-23(27)26-24(20-11-12-20)19-8-3-2-4-9-19/h2-10,13-14,16,20,24H,11-12,15H2,1H3,(H,26,27)/b14-13+. The summed E-state index contributed by atoms with van der Waals surface area (Å²) < 4.78 is 5.93. The van der Waals surface area contributed by atoms with Crippen LogP contribution >= 0.6 is 11.3 Å². The molecule has 3 aromatic rings. The summed E-state index contributed by atoms with van der Waals surface area (Å²) in [5, 5.41) is 6.20. The first-order valence-corrected chi connectivity index (χ1v) is 10.7. The highest BCUT2D eigenvalue weighted by Gasteiger charge is 2.32. The monoisotopic (exact) mass is 404 g/mol. The Hall–Kier alpha value is -2.92. The Morgan fingerprint density at radius 1 is 1.21 bits per heavy atom. The second kappa shape index (κ2) is 9.05. The molecule has 1 aliphatic carbocycles. The summed E-state index contributed by atoms with van der Waals surface area (Å²) in [6, 6.07) is 18.0. The second-order valence-electron chi connectivity index (χ2n) is 7.25. The normalized spacial score (nSPS) is 14.7. The van der Waals surface area contributed by atoms with Gasteiger partial charge in [0.15, 0.2) is 0 Å². The molecule has 148 valence electrons. The van der Waals surface area contributed by atoms with Crippen molar-refractivity contribution in [3.8, 4) is 5.75 Å². The molecule has 5 heteroatoms. The van der Waals surface area contributed by atoms with Gasteiger partial charge in [-0.05, 0) is 43.4 Å². The van der Waals surface area contributed by atoms with Crippen LogP contribution in [0.25, 0.3) is 6.08 Å². The minimum Gasteiger partial charge on any atom is -0.487 e. The number of ether oxygens (including phenoxy) is 1. The van der Waals surface area contributed by atoms with Gasteiger partial charge >= 0.3 is 0 Å². The fourth-order valence-electron chi connectivity index (χ4n) is 3.31. The zero-order valence-electron chi connectivity index (χ0n) is 16.4. The summed E-state index contributed by atoms with van der Waals surface area (Å²) in [5.41, 5.74) is 2.95. The molecular formula is C24H24N2O2S. The van der Waals surface area contributed by atoms with Crippen LogP contribution in [0.4, 0.5) is 0 Å². The number of hydrogen-bond acceptors (Lipinski definition) is 4. The Morgan fingerprint density at radius 3 is 2.69 bits per heavy atom. The van der Waals surface area contributed by atoms with Crippen molar-refractivity contribution in [2.24, 2.45) is 5.92 Å². The van der Waals surface area contributed by atoms with E-state index in [0.29, 0.717) is 12.5 Å². The van der Waals surface area contributed by atoms with E-state index < -0.39 is 0 Å². The number of benzene rings is 2. The van der Waals surface area contributed by atoms with Crippen LogP contribution in [0.1, 0.15) is 40.7 Å². The highest BCUT2D eigenvalue weighted by Crippen LogP contribution is 2.40. The Kier molecular flexibility index (Phi) is 6.06. The number of thiazole rings is 1. The van der Waals surface area contributed by atoms with Crippen molar-refractivity contribution in [2.45, 2.75) is 32.4 Å². The van der Waals surface area contributed by atoms with Gasteiger partial charge in [-0.3, -0.25) is 4.79 Å². The zero-order valence-corrected chi connectivity index (χ0v) is 17.2. The molecule has 1 heterocycles. The lowest BCUT2D eigenvalue weighted by molar-refractivity contribution is -0.117. The van der Waals surface area contributed by atoms with Crippen molar-refractivity contribution in [1.82, 2.24) is 10.3 Å². The van der Waals surface area contributed by atoms with Crippen LogP contribution in [0.15, 0.2) is 66.1 Å². The van der Waals surface area contributed by atoms with Crippen LogP contribution in [-0.2, 0) is 11.4 Å². The summed E-state index contributed by atoms with van der Waals surface area (Å²) >= 11 is 1.61. The van der Waals surface area contributed by atoms with E-state index in [1.54, 1.807) is 17.4 Å². The third-order valence-electron chi connectivity index (χ3n) is 4.93. The van der Waals surface area contributed by atoms with E-state index in [2.05, 4.69) is 22.4 Å². The second-order valence-corrected chi connectivity index (χ2v) is 8.31. The lowest BCUT2D eigenvalue weighted by atomic mass is 10.0. The number of carbonyl (C=O) groups is 1. The van der Waals surface area contributed by atoms with Gasteiger partial charge in [-0.25, -0.2) is 4.98 Å². The van der Waals surface area contributed by atoms with Gasteiger partial charge in [0, 0.05) is 17.0 Å². The van der Waals surface area contributed by atoms with E-state index in [1.165, 1.54) is 5.56 Å². The predicted molar refractivity (Wildman–Crippen MR) is 117 cm³/mol. The molecule has 1 fully saturated rings. The molecule has 1 unspecified atom stereocenters. The van der Waals surface area contributed by atoms with Gasteiger partial charge in [-0.2, -0.15) is 0 Å². The third-order valence-corrected chi connectivity index (χ3v) is 5.75. The highest BCUT2D eigenvalue weighted by atomic mass is 32.1. The molecule has 1 aliphatic rings. The first-order valence-electron chi connectivity index (χ1n) is 9.85. The Bertz CT molecular complexity index is 993. The maximum atomic E-state index is 12.6. The average molecular weight is 405 g/mol. The van der Waals surface area contributed by atoms with Gasteiger partial charge in [0.05, 0.1) is 16.7 Å². The largest absolute Gasteiger partial charge is 0.487 e. The van der Waals surface area contributed by atoms with Crippen LogP contribution in [0.2, 0.25) is 0 Å². The molecule has 29 heavy (non-hydrogen) atoms. The number of rotatable bonds is 8. The van der Waals surface area contributed by atoms with Gasteiger partial charge in [0.2, 0.25) is 5.91 Å². The summed E-state index contributed by atoms with van der Waals surface area (Å²) in [5.74, 6) is 1.19. The van der Waals surface area contributed by atoms with Crippen molar-refractivity contribution in [2.75, 3.05) is 0 Å². The van der Waals surface area contributed by atoms with Crippen molar-refractivity contribution in [3.05, 3.63) is 87.9 Å². The highest BCUT2D eigenvalue weighted by molar-refractivity contribution is 7.09. The fraction of sp³-hybridized carbons (Fsp3) is 0.250. The molecule has 2 aromatic carbocycles. The van der Waals surface area contributed by atoms with E-state index in [1.807, 2.05) is 60.8 Å². The minimum atomic E-state index is -0.0873. The quantitative estimate of drug-likeness (QED) is 0.518. The van der Waals surface area contributed by atoms with Crippen molar-refractivity contribution >= 4 is 23.3 Å². The number of nitrogens with one attached hydrogen (secondary N) is 1. The molecule has 1 amide bonds. The molecule has 1 saturated carbocycles. The molecular weight excluding hydrogens is 380 g/mol. The van der Waals surface area contributed by atoms with Gasteiger partial charge in [0.25, 0.3) is 0 Å². The van der Waals surface area contributed by atoms with E-state index in [4.69, 9.17) is 4.74 Å². The fourth-order valence-corrected chi connectivity index (χ4v) is 3.90. The molecule has 0 bridgehead atoms. The first-order chi connectivity index (χ1) is 14.2. The molecule has 1 N–H and O–H groups in total. The Balaban J connectivity index is 1.41. The number of carbonyl (C=O) groups excluding carboxylic acids is 1. The molecule has 0 radical (unpaired) electrons. The predicted octanol–water partition coefficient (Wildman–Crippen LogP) is 5.31. The van der Waals surface area contributed by atoms with Gasteiger partial charge < -0.3 is 10.1 Å². The average Bonchev–Trinajstić information content (AvgIpc) is 3.51. The van der Waals surface area contributed by atoms with Crippen molar-refractivity contribution < 1.29 is 9.53 Å². The first kappa shape index (κ1) is 19.4. The lowest BCUT2D eigenvalue weighted by Crippen LogP contribution is -2.28. The van der Waals surface area contributed by atoms with E-state index >= 15 is 0 Å². The van der Waals surface area contributed by atoms with Crippen LogP contribution in [0, 0.1) is 12.8 Å². The number of para-hydroxylation sites is 1. The minimum absolute atomic E-state index is 0.0766. The molecule has 1 atom stereocenters. The van der Waals surface area contributed by atoms with E-state index in [0.717, 1.165) is 34.9 Å². The molecule has 0 aliphatic heterocycles. The van der Waals surface area contributed by atoms with Crippen molar-refractivity contribution in [3.63, 3.8) is 0 Å². The van der Waals surface area contributed by atoms with Crippen LogP contribution < -0.4 is 10.1 Å². The lowest BCUT2D eigenvalue weighted by Gasteiger charge is -2.17. The summed E-state index contributed by atoms with van der Waals surface area (Å²) in [6.45, 7) is 2.40. The summed E-state index contributed by atoms with van der Waals surface area (Å²) in [7, 11) is 0. The number of nitrogens with zero attached hydrogens (tertiary/aromatic N) is 1. The third kappa shape index (κ3) is 5.33.